The summed E-state index contributed by atoms with van der Waals surface area (Å²) in [5.74, 6) is 1.16. The Balaban J connectivity index is 1.35. The molecule has 4 rings (SSSR count). The van der Waals surface area contributed by atoms with Crippen LogP contribution in [0.5, 0.6) is 0 Å². The minimum absolute atomic E-state index is 0.0255. The number of carbonyl (C=O) groups excluding carboxylic acids is 2. The van der Waals surface area contributed by atoms with Crippen LogP contribution in [0.25, 0.3) is 0 Å². The maximum atomic E-state index is 12.6. The lowest BCUT2D eigenvalue weighted by Crippen LogP contribution is -2.28. The van der Waals surface area contributed by atoms with Gasteiger partial charge in [-0.15, -0.1) is 5.10 Å². The third kappa shape index (κ3) is 4.08. The smallest absolute Gasteiger partial charge is 0.248 e. The van der Waals surface area contributed by atoms with Gasteiger partial charge in [-0.05, 0) is 24.5 Å². The molecule has 0 spiro atoms. The Morgan fingerprint density at radius 2 is 2.04 bits per heavy atom. The van der Waals surface area contributed by atoms with Crippen molar-refractivity contribution in [1.29, 1.82) is 0 Å². The molecule has 1 aliphatic heterocycles. The van der Waals surface area contributed by atoms with Crippen LogP contribution < -0.4 is 10.2 Å². The standard InChI is InChI=1S/C21H27N5O2/c1-14-7-5-6-10-17(14)26-13-16(12-19(26)27)20(28)23-21-22-18(24-25-21)11-15-8-3-2-4-9-15/h5-7,10,15-16H,2-4,8-9,11-13H2,1H3,(H2,22,23,24,25,28)/t16-/m1/s1. The average molecular weight is 381 g/mol. The van der Waals surface area contributed by atoms with E-state index >= 15 is 0 Å². The lowest BCUT2D eigenvalue weighted by atomic mass is 9.87. The van der Waals surface area contributed by atoms with Gasteiger partial charge in [0.05, 0.1) is 5.92 Å². The van der Waals surface area contributed by atoms with Crippen molar-refractivity contribution >= 4 is 23.5 Å². The third-order valence-corrected chi connectivity index (χ3v) is 5.88. The van der Waals surface area contributed by atoms with Crippen molar-refractivity contribution < 1.29 is 9.59 Å². The second kappa shape index (κ2) is 8.12. The first-order chi connectivity index (χ1) is 13.6. The van der Waals surface area contributed by atoms with Gasteiger partial charge in [0.15, 0.2) is 0 Å². The second-order valence-corrected chi connectivity index (χ2v) is 7.99. The molecule has 2 fully saturated rings. The summed E-state index contributed by atoms with van der Waals surface area (Å²) in [6.07, 6.45) is 7.47. The van der Waals surface area contributed by atoms with Crippen LogP contribution >= 0.6 is 0 Å². The van der Waals surface area contributed by atoms with Crippen molar-refractivity contribution in [2.24, 2.45) is 11.8 Å². The number of H-pyrrole nitrogens is 1. The first-order valence-corrected chi connectivity index (χ1v) is 10.2. The molecule has 1 saturated carbocycles. The fraction of sp³-hybridized carbons (Fsp3) is 0.524. The van der Waals surface area contributed by atoms with E-state index in [4.69, 9.17) is 0 Å². The number of amides is 2. The highest BCUT2D eigenvalue weighted by molar-refractivity contribution is 6.03. The van der Waals surface area contributed by atoms with E-state index in [1.807, 2.05) is 31.2 Å². The van der Waals surface area contributed by atoms with Crippen LogP contribution in [-0.4, -0.2) is 33.5 Å². The molecule has 0 unspecified atom stereocenters. The molecule has 1 saturated heterocycles. The molecule has 2 N–H and O–H groups in total. The minimum atomic E-state index is -0.396. The van der Waals surface area contributed by atoms with Gasteiger partial charge in [0, 0.05) is 25.1 Å². The van der Waals surface area contributed by atoms with Crippen LogP contribution in [0.15, 0.2) is 24.3 Å². The van der Waals surface area contributed by atoms with E-state index in [-0.39, 0.29) is 18.2 Å². The normalized spacial score (nSPS) is 20.5. The highest BCUT2D eigenvalue weighted by Gasteiger charge is 2.36. The number of aryl methyl sites for hydroxylation is 1. The van der Waals surface area contributed by atoms with Crippen LogP contribution in [0.3, 0.4) is 0 Å². The van der Waals surface area contributed by atoms with E-state index in [1.165, 1.54) is 32.1 Å². The summed E-state index contributed by atoms with van der Waals surface area (Å²) in [7, 11) is 0. The van der Waals surface area contributed by atoms with Crippen LogP contribution in [-0.2, 0) is 16.0 Å². The van der Waals surface area contributed by atoms with Gasteiger partial charge >= 0.3 is 0 Å². The lowest BCUT2D eigenvalue weighted by Gasteiger charge is -2.19. The summed E-state index contributed by atoms with van der Waals surface area (Å²) >= 11 is 0. The summed E-state index contributed by atoms with van der Waals surface area (Å²) in [6, 6.07) is 7.74. The number of nitrogens with zero attached hydrogens (tertiary/aromatic N) is 3. The van der Waals surface area contributed by atoms with Gasteiger partial charge in [-0.3, -0.25) is 20.0 Å². The molecule has 0 radical (unpaired) electrons. The number of carbonyl (C=O) groups is 2. The first-order valence-electron chi connectivity index (χ1n) is 10.2. The molecule has 1 aliphatic carbocycles. The van der Waals surface area contributed by atoms with Gasteiger partial charge in [-0.2, -0.15) is 4.98 Å². The molecule has 2 heterocycles. The number of hydrogen-bond acceptors (Lipinski definition) is 4. The Bertz CT molecular complexity index is 856. The molecule has 148 valence electrons. The number of anilines is 2. The van der Waals surface area contributed by atoms with Crippen LogP contribution in [0.1, 0.15) is 49.9 Å². The van der Waals surface area contributed by atoms with E-state index in [0.717, 1.165) is 23.5 Å². The van der Waals surface area contributed by atoms with E-state index in [2.05, 4.69) is 20.5 Å². The maximum absolute atomic E-state index is 12.6. The lowest BCUT2D eigenvalue weighted by molar-refractivity contribution is -0.122. The number of nitrogens with one attached hydrogen (secondary N) is 2. The number of para-hydroxylation sites is 1. The topological polar surface area (TPSA) is 91.0 Å². The molecule has 1 atom stereocenters. The Labute approximate surface area is 164 Å². The molecular formula is C21H27N5O2. The number of benzene rings is 1. The van der Waals surface area contributed by atoms with E-state index in [9.17, 15) is 9.59 Å². The number of aromatic nitrogens is 3. The van der Waals surface area contributed by atoms with Crippen LogP contribution in [0.4, 0.5) is 11.6 Å². The average Bonchev–Trinajstić information content (AvgIpc) is 3.29. The molecule has 2 amide bonds. The zero-order valence-electron chi connectivity index (χ0n) is 16.3. The van der Waals surface area contributed by atoms with Gasteiger partial charge in [0.2, 0.25) is 17.8 Å². The predicted octanol–water partition coefficient (Wildman–Crippen LogP) is 3.23. The molecule has 2 aromatic rings. The van der Waals surface area contributed by atoms with E-state index < -0.39 is 5.92 Å². The molecule has 28 heavy (non-hydrogen) atoms. The summed E-state index contributed by atoms with van der Waals surface area (Å²) < 4.78 is 0. The molecule has 0 bridgehead atoms. The van der Waals surface area contributed by atoms with E-state index in [0.29, 0.717) is 18.4 Å². The van der Waals surface area contributed by atoms with Crippen molar-refractivity contribution in [3.8, 4) is 0 Å². The Kier molecular flexibility index (Phi) is 5.41. The first kappa shape index (κ1) is 18.7. The zero-order valence-corrected chi connectivity index (χ0v) is 16.3. The van der Waals surface area contributed by atoms with Gasteiger partial charge in [-0.1, -0.05) is 50.3 Å². The number of hydrogen-bond donors (Lipinski definition) is 2. The highest BCUT2D eigenvalue weighted by atomic mass is 16.2. The van der Waals surface area contributed by atoms with Crippen molar-refractivity contribution in [1.82, 2.24) is 15.2 Å². The van der Waals surface area contributed by atoms with Crippen molar-refractivity contribution in [3.05, 3.63) is 35.7 Å². The summed E-state index contributed by atoms with van der Waals surface area (Å²) in [5.41, 5.74) is 1.90. The summed E-state index contributed by atoms with van der Waals surface area (Å²) in [5, 5.41) is 9.86. The van der Waals surface area contributed by atoms with E-state index in [1.54, 1.807) is 4.90 Å². The van der Waals surface area contributed by atoms with Gasteiger partial charge in [0.1, 0.15) is 5.82 Å². The molecule has 7 nitrogen and oxygen atoms in total. The second-order valence-electron chi connectivity index (χ2n) is 7.99. The van der Waals surface area contributed by atoms with Crippen LogP contribution in [0.2, 0.25) is 0 Å². The maximum Gasteiger partial charge on any atom is 0.248 e. The molecular weight excluding hydrogens is 354 g/mol. The van der Waals surface area contributed by atoms with Crippen molar-refractivity contribution in [2.45, 2.75) is 51.9 Å². The van der Waals surface area contributed by atoms with Crippen LogP contribution in [0, 0.1) is 18.8 Å². The molecule has 1 aromatic carbocycles. The Hall–Kier alpha value is -2.70. The number of rotatable bonds is 5. The Morgan fingerprint density at radius 3 is 2.82 bits per heavy atom. The molecule has 7 heteroatoms. The van der Waals surface area contributed by atoms with Gasteiger partial charge < -0.3 is 4.90 Å². The van der Waals surface area contributed by atoms with Gasteiger partial charge in [-0.25, -0.2) is 0 Å². The fourth-order valence-electron chi connectivity index (χ4n) is 4.30. The van der Waals surface area contributed by atoms with Gasteiger partial charge in [0.25, 0.3) is 0 Å². The Morgan fingerprint density at radius 1 is 1.25 bits per heavy atom. The SMILES string of the molecule is Cc1ccccc1N1C[C@H](C(=O)Nc2n[nH]c(CC3CCCCC3)n2)CC1=O. The highest BCUT2D eigenvalue weighted by Crippen LogP contribution is 2.28. The minimum Gasteiger partial charge on any atom is -0.311 e. The largest absolute Gasteiger partial charge is 0.311 e. The fourth-order valence-corrected chi connectivity index (χ4v) is 4.30. The molecule has 1 aromatic heterocycles. The zero-order chi connectivity index (χ0) is 19.5. The predicted molar refractivity (Wildman–Crippen MR) is 107 cm³/mol. The number of aromatic amines is 1. The summed E-state index contributed by atoms with van der Waals surface area (Å²) in [6.45, 7) is 2.35. The molecule has 2 aliphatic rings. The monoisotopic (exact) mass is 381 g/mol. The van der Waals surface area contributed by atoms with Crippen molar-refractivity contribution in [2.75, 3.05) is 16.8 Å². The van der Waals surface area contributed by atoms with Crippen molar-refractivity contribution in [3.63, 3.8) is 0 Å². The third-order valence-electron chi connectivity index (χ3n) is 5.88. The quantitative estimate of drug-likeness (QED) is 0.832. The summed E-state index contributed by atoms with van der Waals surface area (Å²) in [4.78, 5) is 31.2.